The molecule has 1 rings (SSSR count). The largest absolute Gasteiger partial charge is 0.488 e. The second-order valence-corrected chi connectivity index (χ2v) is 6.43. The number of benzene rings is 1. The Labute approximate surface area is 114 Å². The van der Waals surface area contributed by atoms with E-state index < -0.39 is 15.8 Å². The summed E-state index contributed by atoms with van der Waals surface area (Å²) in [6.07, 6.45) is 1.23. The van der Waals surface area contributed by atoms with Crippen LogP contribution in [0.15, 0.2) is 18.2 Å². The van der Waals surface area contributed by atoms with Crippen LogP contribution in [0.3, 0.4) is 0 Å². The van der Waals surface area contributed by atoms with Gasteiger partial charge in [-0.1, -0.05) is 13.3 Å². The maximum Gasteiger partial charge on any atom is 0.232 e. The number of anilines is 1. The lowest BCUT2D eigenvalue weighted by atomic mass is 10.3. The topological polar surface area (TPSA) is 55.4 Å². The van der Waals surface area contributed by atoms with Crippen molar-refractivity contribution in [2.24, 2.45) is 0 Å². The molecule has 6 heteroatoms. The number of sulfonamides is 1. The van der Waals surface area contributed by atoms with Gasteiger partial charge in [0.15, 0.2) is 11.6 Å². The zero-order valence-electron chi connectivity index (χ0n) is 11.4. The lowest BCUT2D eigenvalue weighted by Crippen LogP contribution is -2.16. The van der Waals surface area contributed by atoms with E-state index in [0.29, 0.717) is 6.42 Å². The van der Waals surface area contributed by atoms with Crippen molar-refractivity contribution in [1.82, 2.24) is 0 Å². The third-order valence-electron chi connectivity index (χ3n) is 2.33. The Morgan fingerprint density at radius 3 is 2.58 bits per heavy atom. The fourth-order valence-electron chi connectivity index (χ4n) is 1.48. The molecule has 108 valence electrons. The van der Waals surface area contributed by atoms with E-state index in [9.17, 15) is 12.8 Å². The highest BCUT2D eigenvalue weighted by Gasteiger charge is 2.12. The highest BCUT2D eigenvalue weighted by molar-refractivity contribution is 7.92. The highest BCUT2D eigenvalue weighted by Crippen LogP contribution is 2.23. The molecule has 0 spiro atoms. The van der Waals surface area contributed by atoms with Crippen LogP contribution in [0.2, 0.25) is 0 Å². The zero-order chi connectivity index (χ0) is 14.5. The molecule has 0 aliphatic heterocycles. The molecule has 1 N–H and O–H groups in total. The van der Waals surface area contributed by atoms with Gasteiger partial charge >= 0.3 is 0 Å². The Morgan fingerprint density at radius 1 is 1.37 bits per heavy atom. The first-order valence-electron chi connectivity index (χ1n) is 6.30. The van der Waals surface area contributed by atoms with Crippen LogP contribution < -0.4 is 9.46 Å². The van der Waals surface area contributed by atoms with Crippen LogP contribution in [0, 0.1) is 5.82 Å². The summed E-state index contributed by atoms with van der Waals surface area (Å²) in [5.41, 5.74) is 0.213. The molecule has 0 aliphatic rings. The number of hydrogen-bond acceptors (Lipinski definition) is 3. The van der Waals surface area contributed by atoms with E-state index in [1.54, 1.807) is 13.8 Å². The monoisotopic (exact) mass is 289 g/mol. The molecule has 0 aromatic heterocycles. The van der Waals surface area contributed by atoms with Gasteiger partial charge in [0.05, 0.1) is 17.5 Å². The molecular formula is C13H20FNO3S. The molecule has 1 aromatic carbocycles. The van der Waals surface area contributed by atoms with Crippen molar-refractivity contribution in [2.45, 2.75) is 39.7 Å². The first kappa shape index (κ1) is 15.8. The van der Waals surface area contributed by atoms with Crippen molar-refractivity contribution >= 4 is 15.7 Å². The van der Waals surface area contributed by atoms with Gasteiger partial charge in [-0.05, 0) is 32.4 Å². The smallest absolute Gasteiger partial charge is 0.232 e. The van der Waals surface area contributed by atoms with Gasteiger partial charge in [-0.2, -0.15) is 0 Å². The number of halogens is 1. The summed E-state index contributed by atoms with van der Waals surface area (Å²) in [7, 11) is -3.41. The Balaban J connectivity index is 2.78. The Morgan fingerprint density at radius 2 is 2.05 bits per heavy atom. The molecule has 1 aromatic rings. The molecule has 0 heterocycles. The maximum atomic E-state index is 13.7. The SMILES string of the molecule is CCCCS(=O)(=O)Nc1ccc(OC(C)C)c(F)c1. The Bertz CT molecular complexity index is 515. The third kappa shape index (κ3) is 5.46. The number of nitrogens with one attached hydrogen (secondary N) is 1. The number of rotatable bonds is 7. The Kier molecular flexibility index (Phi) is 5.60. The molecule has 0 bridgehead atoms. The van der Waals surface area contributed by atoms with E-state index in [4.69, 9.17) is 4.74 Å². The summed E-state index contributed by atoms with van der Waals surface area (Å²) in [5, 5.41) is 0. The van der Waals surface area contributed by atoms with Gasteiger partial charge in [0.1, 0.15) is 0 Å². The average molecular weight is 289 g/mol. The van der Waals surface area contributed by atoms with Crippen LogP contribution in [0.25, 0.3) is 0 Å². The molecule has 0 amide bonds. The van der Waals surface area contributed by atoms with Gasteiger partial charge in [0.2, 0.25) is 10.0 Å². The van der Waals surface area contributed by atoms with E-state index in [1.807, 2.05) is 6.92 Å². The van der Waals surface area contributed by atoms with Crippen LogP contribution in [0.4, 0.5) is 10.1 Å². The lowest BCUT2D eigenvalue weighted by Gasteiger charge is -2.12. The van der Waals surface area contributed by atoms with Crippen molar-refractivity contribution < 1.29 is 17.5 Å². The van der Waals surface area contributed by atoms with E-state index in [0.717, 1.165) is 12.5 Å². The first-order chi connectivity index (χ1) is 8.84. The van der Waals surface area contributed by atoms with Crippen LogP contribution >= 0.6 is 0 Å². The van der Waals surface area contributed by atoms with Crippen molar-refractivity contribution in [2.75, 3.05) is 10.5 Å². The quantitative estimate of drug-likeness (QED) is 0.839. The van der Waals surface area contributed by atoms with Crippen LogP contribution in [-0.4, -0.2) is 20.3 Å². The maximum absolute atomic E-state index is 13.7. The normalized spacial score (nSPS) is 11.6. The molecule has 0 saturated carbocycles. The van der Waals surface area contributed by atoms with E-state index >= 15 is 0 Å². The average Bonchev–Trinajstić information content (AvgIpc) is 2.29. The summed E-state index contributed by atoms with van der Waals surface area (Å²) >= 11 is 0. The van der Waals surface area contributed by atoms with Crippen molar-refractivity contribution in [1.29, 1.82) is 0 Å². The Hall–Kier alpha value is -1.30. The molecule has 0 unspecified atom stereocenters. The third-order valence-corrected chi connectivity index (χ3v) is 3.71. The lowest BCUT2D eigenvalue weighted by molar-refractivity contribution is 0.231. The van der Waals surface area contributed by atoms with E-state index in [-0.39, 0.29) is 23.3 Å². The minimum absolute atomic E-state index is 0.0371. The molecular weight excluding hydrogens is 269 g/mol. The highest BCUT2D eigenvalue weighted by atomic mass is 32.2. The number of hydrogen-bond donors (Lipinski definition) is 1. The van der Waals surface area contributed by atoms with Crippen molar-refractivity contribution in [3.05, 3.63) is 24.0 Å². The van der Waals surface area contributed by atoms with Gasteiger partial charge in [-0.25, -0.2) is 12.8 Å². The van der Waals surface area contributed by atoms with Crippen LogP contribution in [0.5, 0.6) is 5.75 Å². The molecule has 0 radical (unpaired) electrons. The van der Waals surface area contributed by atoms with Crippen molar-refractivity contribution in [3.8, 4) is 5.75 Å². The minimum atomic E-state index is -3.41. The molecule has 0 atom stereocenters. The molecule has 0 aliphatic carbocycles. The zero-order valence-corrected chi connectivity index (χ0v) is 12.3. The molecule has 0 saturated heterocycles. The van der Waals surface area contributed by atoms with E-state index in [1.165, 1.54) is 12.1 Å². The molecule has 19 heavy (non-hydrogen) atoms. The minimum Gasteiger partial charge on any atom is -0.488 e. The fraction of sp³-hybridized carbons (Fsp3) is 0.538. The fourth-order valence-corrected chi connectivity index (χ4v) is 2.74. The predicted octanol–water partition coefficient (Wildman–Crippen LogP) is 3.15. The molecule has 0 fully saturated rings. The van der Waals surface area contributed by atoms with Crippen LogP contribution in [0.1, 0.15) is 33.6 Å². The summed E-state index contributed by atoms with van der Waals surface area (Å²) in [6, 6.07) is 4.04. The number of ether oxygens (including phenoxy) is 1. The summed E-state index contributed by atoms with van der Waals surface area (Å²) in [5.74, 6) is -0.425. The molecule has 4 nitrogen and oxygen atoms in total. The second kappa shape index (κ2) is 6.75. The summed E-state index contributed by atoms with van der Waals surface area (Å²) < 4.78 is 44.6. The van der Waals surface area contributed by atoms with Crippen LogP contribution in [-0.2, 0) is 10.0 Å². The van der Waals surface area contributed by atoms with E-state index in [2.05, 4.69) is 4.72 Å². The summed E-state index contributed by atoms with van der Waals surface area (Å²) in [6.45, 7) is 5.49. The van der Waals surface area contributed by atoms with Gasteiger partial charge in [-0.3, -0.25) is 4.72 Å². The second-order valence-electron chi connectivity index (χ2n) is 4.59. The number of unbranched alkanes of at least 4 members (excludes halogenated alkanes) is 1. The predicted molar refractivity (Wildman–Crippen MR) is 74.5 cm³/mol. The standard InChI is InChI=1S/C13H20FNO3S/c1-4-5-8-19(16,17)15-11-6-7-13(12(14)9-11)18-10(2)3/h6-7,9-10,15H,4-5,8H2,1-3H3. The summed E-state index contributed by atoms with van der Waals surface area (Å²) in [4.78, 5) is 0. The first-order valence-corrected chi connectivity index (χ1v) is 7.96. The van der Waals surface area contributed by atoms with Gasteiger partial charge < -0.3 is 4.74 Å². The van der Waals surface area contributed by atoms with Gasteiger partial charge in [-0.15, -0.1) is 0 Å². The van der Waals surface area contributed by atoms with Crippen molar-refractivity contribution in [3.63, 3.8) is 0 Å². The van der Waals surface area contributed by atoms with Gasteiger partial charge in [0, 0.05) is 6.07 Å². The van der Waals surface area contributed by atoms with Gasteiger partial charge in [0.25, 0.3) is 0 Å².